The van der Waals surface area contributed by atoms with E-state index < -0.39 is 0 Å². The minimum absolute atomic E-state index is 0. The zero-order chi connectivity index (χ0) is 15.0. The summed E-state index contributed by atoms with van der Waals surface area (Å²) >= 11 is 0. The lowest BCUT2D eigenvalue weighted by molar-refractivity contribution is 0.823. The first-order valence-electron chi connectivity index (χ1n) is 6.84. The summed E-state index contributed by atoms with van der Waals surface area (Å²) in [4.78, 5) is 7.94. The van der Waals surface area contributed by atoms with Gasteiger partial charge >= 0.3 is 0 Å². The molecule has 0 aliphatic heterocycles. The van der Waals surface area contributed by atoms with Crippen molar-refractivity contribution in [1.29, 1.82) is 0 Å². The quantitative estimate of drug-likeness (QED) is 0.590. The lowest BCUT2D eigenvalue weighted by Gasteiger charge is -1.92. The molecule has 2 heterocycles. The molecule has 0 spiro atoms. The Balaban J connectivity index is 0.00000144. The molecular formula is C20H16N2O2. The molecule has 4 heteroatoms. The number of nitrogens with zero attached hydrogens (tertiary/aromatic N) is 2. The second-order valence-corrected chi connectivity index (χ2v) is 4.55. The van der Waals surface area contributed by atoms with Gasteiger partial charge in [-0.25, -0.2) is 0 Å². The molecule has 0 fully saturated rings. The molecule has 0 amide bonds. The van der Waals surface area contributed by atoms with E-state index >= 15 is 0 Å². The number of pyridine rings is 2. The van der Waals surface area contributed by atoms with Crippen molar-refractivity contribution in [2.24, 2.45) is 0 Å². The van der Waals surface area contributed by atoms with Gasteiger partial charge in [-0.15, -0.1) is 0 Å². The van der Waals surface area contributed by atoms with E-state index in [0.717, 1.165) is 22.3 Å². The van der Waals surface area contributed by atoms with Gasteiger partial charge in [0, 0.05) is 47.0 Å². The SMILES string of the molecule is C(#Cc1ccc(C#Cc2ccncc2)cc1)c1ccncc1.O.O. The summed E-state index contributed by atoms with van der Waals surface area (Å²) in [6, 6.07) is 15.5. The second kappa shape index (κ2) is 9.55. The van der Waals surface area contributed by atoms with Gasteiger partial charge in [0.1, 0.15) is 0 Å². The number of hydrogen-bond acceptors (Lipinski definition) is 2. The third-order valence-electron chi connectivity index (χ3n) is 2.95. The van der Waals surface area contributed by atoms with Gasteiger partial charge in [-0.3, -0.25) is 9.97 Å². The van der Waals surface area contributed by atoms with Crippen molar-refractivity contribution in [3.05, 3.63) is 95.6 Å². The first kappa shape index (κ1) is 18.6. The fourth-order valence-electron chi connectivity index (χ4n) is 1.80. The molecule has 2 aromatic heterocycles. The zero-order valence-electron chi connectivity index (χ0n) is 12.8. The molecule has 0 unspecified atom stereocenters. The number of benzene rings is 1. The molecule has 4 N–H and O–H groups in total. The lowest BCUT2D eigenvalue weighted by Crippen LogP contribution is -1.79. The molecule has 0 radical (unpaired) electrons. The highest BCUT2D eigenvalue weighted by molar-refractivity contribution is 5.47. The minimum atomic E-state index is 0. The monoisotopic (exact) mass is 316 g/mol. The van der Waals surface area contributed by atoms with E-state index in [2.05, 4.69) is 33.6 Å². The number of rotatable bonds is 0. The molecule has 0 atom stereocenters. The van der Waals surface area contributed by atoms with Crippen LogP contribution in [0.5, 0.6) is 0 Å². The largest absolute Gasteiger partial charge is 0.412 e. The van der Waals surface area contributed by atoms with E-state index in [1.807, 2.05) is 48.5 Å². The Morgan fingerprint density at radius 3 is 0.958 bits per heavy atom. The summed E-state index contributed by atoms with van der Waals surface area (Å²) in [5.41, 5.74) is 3.84. The van der Waals surface area contributed by atoms with Crippen molar-refractivity contribution in [1.82, 2.24) is 9.97 Å². The minimum Gasteiger partial charge on any atom is -0.412 e. The van der Waals surface area contributed by atoms with Crippen LogP contribution in [0.4, 0.5) is 0 Å². The average molecular weight is 316 g/mol. The standard InChI is InChI=1S/C20H12N2.2H2O/c1-2-18(6-8-20-11-15-22-16-12-20)4-3-17(1)5-7-19-9-13-21-14-10-19;;/h1-4,9-16H;2*1H2. The molecule has 1 aromatic carbocycles. The zero-order valence-corrected chi connectivity index (χ0v) is 12.8. The summed E-state index contributed by atoms with van der Waals surface area (Å²) in [7, 11) is 0. The van der Waals surface area contributed by atoms with Crippen LogP contribution in [-0.4, -0.2) is 20.9 Å². The Hall–Kier alpha value is -3.44. The maximum absolute atomic E-state index is 3.97. The molecule has 0 saturated heterocycles. The predicted molar refractivity (Wildman–Crippen MR) is 94.1 cm³/mol. The molecule has 0 saturated carbocycles. The Bertz CT molecular complexity index is 793. The molecule has 0 aliphatic rings. The van der Waals surface area contributed by atoms with Crippen molar-refractivity contribution in [3.8, 4) is 23.7 Å². The fourth-order valence-corrected chi connectivity index (χ4v) is 1.80. The fraction of sp³-hybridized carbons (Fsp3) is 0. The van der Waals surface area contributed by atoms with Crippen molar-refractivity contribution < 1.29 is 11.0 Å². The van der Waals surface area contributed by atoms with E-state index in [9.17, 15) is 0 Å². The Labute approximate surface area is 140 Å². The molecule has 0 bridgehead atoms. The first-order chi connectivity index (χ1) is 10.9. The van der Waals surface area contributed by atoms with E-state index in [-0.39, 0.29) is 11.0 Å². The molecular weight excluding hydrogens is 300 g/mol. The highest BCUT2D eigenvalue weighted by Gasteiger charge is 1.90. The molecule has 3 aromatic rings. The first-order valence-corrected chi connectivity index (χ1v) is 6.84. The Morgan fingerprint density at radius 2 is 0.667 bits per heavy atom. The smallest absolute Gasteiger partial charge is 0.0280 e. The van der Waals surface area contributed by atoms with Gasteiger partial charge in [-0.05, 0) is 48.5 Å². The van der Waals surface area contributed by atoms with Crippen molar-refractivity contribution in [3.63, 3.8) is 0 Å². The molecule has 4 nitrogen and oxygen atoms in total. The normalized spacial score (nSPS) is 8.33. The van der Waals surface area contributed by atoms with Crippen LogP contribution in [0, 0.1) is 23.7 Å². The van der Waals surface area contributed by atoms with Crippen molar-refractivity contribution in [2.75, 3.05) is 0 Å². The summed E-state index contributed by atoms with van der Waals surface area (Å²) in [6.07, 6.45) is 6.95. The predicted octanol–water partition coefficient (Wildman–Crippen LogP) is 1.63. The maximum atomic E-state index is 3.97. The van der Waals surface area contributed by atoms with Gasteiger partial charge in [-0.1, -0.05) is 23.7 Å². The topological polar surface area (TPSA) is 88.8 Å². The number of aromatic nitrogens is 2. The van der Waals surface area contributed by atoms with Gasteiger partial charge in [0.2, 0.25) is 0 Å². The molecule has 0 aliphatic carbocycles. The van der Waals surface area contributed by atoms with Gasteiger partial charge in [-0.2, -0.15) is 0 Å². The van der Waals surface area contributed by atoms with E-state index in [1.54, 1.807) is 24.8 Å². The van der Waals surface area contributed by atoms with Gasteiger partial charge in [0.15, 0.2) is 0 Å². The average Bonchev–Trinajstić information content (AvgIpc) is 2.61. The molecule has 24 heavy (non-hydrogen) atoms. The second-order valence-electron chi connectivity index (χ2n) is 4.55. The Kier molecular flexibility index (Phi) is 7.41. The third-order valence-corrected chi connectivity index (χ3v) is 2.95. The van der Waals surface area contributed by atoms with Crippen LogP contribution < -0.4 is 0 Å². The maximum Gasteiger partial charge on any atom is 0.0280 e. The van der Waals surface area contributed by atoms with E-state index in [0.29, 0.717) is 0 Å². The van der Waals surface area contributed by atoms with Gasteiger partial charge < -0.3 is 11.0 Å². The summed E-state index contributed by atoms with van der Waals surface area (Å²) in [5.74, 6) is 12.5. The highest BCUT2D eigenvalue weighted by atomic mass is 16.0. The lowest BCUT2D eigenvalue weighted by atomic mass is 10.1. The molecule has 3 rings (SSSR count). The van der Waals surface area contributed by atoms with Crippen LogP contribution in [0.2, 0.25) is 0 Å². The van der Waals surface area contributed by atoms with Gasteiger partial charge in [0.05, 0.1) is 0 Å². The van der Waals surface area contributed by atoms with E-state index in [4.69, 9.17) is 0 Å². The van der Waals surface area contributed by atoms with E-state index in [1.165, 1.54) is 0 Å². The molecule has 118 valence electrons. The summed E-state index contributed by atoms with van der Waals surface area (Å²) < 4.78 is 0. The van der Waals surface area contributed by atoms with Crippen molar-refractivity contribution in [2.45, 2.75) is 0 Å². The van der Waals surface area contributed by atoms with Crippen LogP contribution in [0.15, 0.2) is 73.3 Å². The summed E-state index contributed by atoms with van der Waals surface area (Å²) in [6.45, 7) is 0. The summed E-state index contributed by atoms with van der Waals surface area (Å²) in [5, 5.41) is 0. The Morgan fingerprint density at radius 1 is 0.417 bits per heavy atom. The van der Waals surface area contributed by atoms with Crippen LogP contribution in [0.3, 0.4) is 0 Å². The number of hydrogen-bond donors (Lipinski definition) is 0. The van der Waals surface area contributed by atoms with Crippen molar-refractivity contribution >= 4 is 0 Å². The van der Waals surface area contributed by atoms with Gasteiger partial charge in [0.25, 0.3) is 0 Å². The highest BCUT2D eigenvalue weighted by Crippen LogP contribution is 2.03. The van der Waals surface area contributed by atoms with Crippen LogP contribution in [-0.2, 0) is 0 Å². The van der Waals surface area contributed by atoms with Crippen LogP contribution >= 0.6 is 0 Å². The van der Waals surface area contributed by atoms with Crippen LogP contribution in [0.25, 0.3) is 0 Å². The van der Waals surface area contributed by atoms with Crippen LogP contribution in [0.1, 0.15) is 22.3 Å². The third kappa shape index (κ3) is 5.40.